The molecule has 5 nitrogen and oxygen atoms in total. The summed E-state index contributed by atoms with van der Waals surface area (Å²) in [5.41, 5.74) is 6.75. The molecule has 0 radical (unpaired) electrons. The number of imidazole rings is 1. The molecule has 0 aliphatic carbocycles. The molecule has 146 valence electrons. The molecule has 2 heterocycles. The minimum atomic E-state index is 0.186. The summed E-state index contributed by atoms with van der Waals surface area (Å²) in [5, 5.41) is 0. The van der Waals surface area contributed by atoms with Gasteiger partial charge in [-0.1, -0.05) is 18.2 Å². The predicted octanol–water partition coefficient (Wildman–Crippen LogP) is 3.63. The molecule has 3 aromatic rings. The van der Waals surface area contributed by atoms with Crippen molar-refractivity contribution in [3.8, 4) is 0 Å². The maximum absolute atomic E-state index is 12.6. The van der Waals surface area contributed by atoms with Crippen molar-refractivity contribution in [2.24, 2.45) is 0 Å². The van der Waals surface area contributed by atoms with Gasteiger partial charge in [0.15, 0.2) is 0 Å². The average molecular weight is 377 g/mol. The highest BCUT2D eigenvalue weighted by Gasteiger charge is 2.27. The molecule has 0 saturated heterocycles. The third-order valence-electron chi connectivity index (χ3n) is 5.82. The molecule has 28 heavy (non-hydrogen) atoms. The lowest BCUT2D eigenvalue weighted by Crippen LogP contribution is -2.30. The Morgan fingerprint density at radius 3 is 2.71 bits per heavy atom. The molecule has 4 rings (SSSR count). The minimum Gasteiger partial charge on any atom is -0.334 e. The average Bonchev–Trinajstić information content (AvgIpc) is 3.23. The van der Waals surface area contributed by atoms with Crippen molar-refractivity contribution in [3.63, 3.8) is 0 Å². The molecule has 1 aromatic heterocycles. The fourth-order valence-corrected chi connectivity index (χ4v) is 3.94. The van der Waals surface area contributed by atoms with Crippen LogP contribution in [-0.2, 0) is 13.1 Å². The molecule has 1 amide bonds. The van der Waals surface area contributed by atoms with E-state index in [1.807, 2.05) is 23.4 Å². The zero-order valence-electron chi connectivity index (χ0n) is 17.0. The van der Waals surface area contributed by atoms with Gasteiger partial charge in [-0.3, -0.25) is 4.79 Å². The number of carbonyl (C=O) groups is 1. The van der Waals surface area contributed by atoms with E-state index < -0.39 is 0 Å². The SMILES string of the molecule is Cc1cc2c(cc1C)C(=O)N(CCCN(C)CCn1cnc3ccccc31)C2. The summed E-state index contributed by atoms with van der Waals surface area (Å²) in [6.45, 7) is 8.61. The van der Waals surface area contributed by atoms with E-state index in [4.69, 9.17) is 0 Å². The summed E-state index contributed by atoms with van der Waals surface area (Å²) in [6.07, 6.45) is 2.90. The summed E-state index contributed by atoms with van der Waals surface area (Å²) in [6, 6.07) is 12.5. The van der Waals surface area contributed by atoms with E-state index in [0.29, 0.717) is 0 Å². The van der Waals surface area contributed by atoms with Crippen LogP contribution in [0.3, 0.4) is 0 Å². The second-order valence-electron chi connectivity index (χ2n) is 7.90. The van der Waals surface area contributed by atoms with E-state index in [9.17, 15) is 4.79 Å². The quantitative estimate of drug-likeness (QED) is 0.632. The van der Waals surface area contributed by atoms with Gasteiger partial charge in [-0.2, -0.15) is 0 Å². The number of likely N-dealkylation sites (N-methyl/N-ethyl adjacent to an activating group) is 1. The van der Waals surface area contributed by atoms with Crippen molar-refractivity contribution in [1.82, 2.24) is 19.4 Å². The van der Waals surface area contributed by atoms with Crippen LogP contribution in [-0.4, -0.2) is 51.9 Å². The molecule has 0 fully saturated rings. The highest BCUT2D eigenvalue weighted by atomic mass is 16.2. The first kappa shape index (κ1) is 18.7. The topological polar surface area (TPSA) is 41.4 Å². The van der Waals surface area contributed by atoms with Crippen molar-refractivity contribution >= 4 is 16.9 Å². The van der Waals surface area contributed by atoms with Gasteiger partial charge in [-0.15, -0.1) is 0 Å². The Hall–Kier alpha value is -2.66. The summed E-state index contributed by atoms with van der Waals surface area (Å²) < 4.78 is 2.21. The number of nitrogens with zero attached hydrogens (tertiary/aromatic N) is 4. The lowest BCUT2D eigenvalue weighted by Gasteiger charge is -2.20. The first-order chi connectivity index (χ1) is 13.5. The van der Waals surface area contributed by atoms with Crippen LogP contribution in [0, 0.1) is 13.8 Å². The third-order valence-corrected chi connectivity index (χ3v) is 5.82. The molecule has 2 aromatic carbocycles. The molecule has 0 saturated carbocycles. The van der Waals surface area contributed by atoms with Gasteiger partial charge in [-0.25, -0.2) is 4.98 Å². The van der Waals surface area contributed by atoms with Gasteiger partial charge in [0.2, 0.25) is 0 Å². The van der Waals surface area contributed by atoms with Crippen molar-refractivity contribution in [1.29, 1.82) is 0 Å². The Kier molecular flexibility index (Phi) is 5.18. The van der Waals surface area contributed by atoms with Gasteiger partial charge >= 0.3 is 0 Å². The minimum absolute atomic E-state index is 0.186. The van der Waals surface area contributed by atoms with Crippen molar-refractivity contribution in [2.75, 3.05) is 26.7 Å². The van der Waals surface area contributed by atoms with E-state index in [1.165, 1.54) is 22.2 Å². The van der Waals surface area contributed by atoms with Gasteiger partial charge in [-0.05, 0) is 68.8 Å². The predicted molar refractivity (Wildman–Crippen MR) is 113 cm³/mol. The monoisotopic (exact) mass is 376 g/mol. The number of fused-ring (bicyclic) bond motifs is 2. The standard InChI is InChI=1S/C23H28N4O/c1-17-13-19-15-26(23(28)20(19)14-18(17)2)10-6-9-25(3)11-12-27-16-24-21-7-4-5-8-22(21)27/h4-5,7-8,13-14,16H,6,9-12,15H2,1-3H3. The summed E-state index contributed by atoms with van der Waals surface area (Å²) in [5.74, 6) is 0.186. The second kappa shape index (κ2) is 7.76. The van der Waals surface area contributed by atoms with Gasteiger partial charge in [0.1, 0.15) is 0 Å². The highest BCUT2D eigenvalue weighted by Crippen LogP contribution is 2.26. The van der Waals surface area contributed by atoms with Crippen LogP contribution in [0.1, 0.15) is 33.5 Å². The highest BCUT2D eigenvalue weighted by molar-refractivity contribution is 5.98. The lowest BCUT2D eigenvalue weighted by molar-refractivity contribution is 0.0772. The largest absolute Gasteiger partial charge is 0.334 e. The number of aromatic nitrogens is 2. The van der Waals surface area contributed by atoms with E-state index in [2.05, 4.69) is 59.6 Å². The van der Waals surface area contributed by atoms with Crippen LogP contribution >= 0.6 is 0 Å². The van der Waals surface area contributed by atoms with Gasteiger partial charge in [0, 0.05) is 31.7 Å². The molecule has 0 N–H and O–H groups in total. The number of hydrogen-bond donors (Lipinski definition) is 0. The van der Waals surface area contributed by atoms with Crippen LogP contribution in [0.25, 0.3) is 11.0 Å². The smallest absolute Gasteiger partial charge is 0.254 e. The summed E-state index contributed by atoms with van der Waals surface area (Å²) in [7, 11) is 2.15. The van der Waals surface area contributed by atoms with Crippen molar-refractivity contribution in [2.45, 2.75) is 33.4 Å². The number of aryl methyl sites for hydroxylation is 2. The van der Waals surface area contributed by atoms with Crippen LogP contribution in [0.15, 0.2) is 42.7 Å². The molecule has 0 atom stereocenters. The molecular formula is C23H28N4O. The van der Waals surface area contributed by atoms with Gasteiger partial charge in [0.25, 0.3) is 5.91 Å². The molecular weight excluding hydrogens is 348 g/mol. The molecule has 0 bridgehead atoms. The number of para-hydroxylation sites is 2. The van der Waals surface area contributed by atoms with E-state index >= 15 is 0 Å². The van der Waals surface area contributed by atoms with E-state index in [-0.39, 0.29) is 5.91 Å². The molecule has 1 aliphatic rings. The van der Waals surface area contributed by atoms with E-state index in [1.54, 1.807) is 0 Å². The number of carbonyl (C=O) groups excluding carboxylic acids is 1. The van der Waals surface area contributed by atoms with Crippen LogP contribution < -0.4 is 0 Å². The first-order valence-corrected chi connectivity index (χ1v) is 10.0. The summed E-state index contributed by atoms with van der Waals surface area (Å²) in [4.78, 5) is 21.4. The zero-order valence-corrected chi connectivity index (χ0v) is 17.0. The maximum atomic E-state index is 12.6. The molecule has 0 unspecified atom stereocenters. The maximum Gasteiger partial charge on any atom is 0.254 e. The number of rotatable bonds is 7. The van der Waals surface area contributed by atoms with Crippen LogP contribution in [0.5, 0.6) is 0 Å². The van der Waals surface area contributed by atoms with Crippen LogP contribution in [0.4, 0.5) is 0 Å². The summed E-state index contributed by atoms with van der Waals surface area (Å²) >= 11 is 0. The lowest BCUT2D eigenvalue weighted by atomic mass is 10.0. The number of hydrogen-bond acceptors (Lipinski definition) is 3. The van der Waals surface area contributed by atoms with E-state index in [0.717, 1.165) is 50.2 Å². The normalized spacial score (nSPS) is 13.7. The van der Waals surface area contributed by atoms with Crippen molar-refractivity contribution < 1.29 is 4.79 Å². The van der Waals surface area contributed by atoms with Gasteiger partial charge < -0.3 is 14.4 Å². The Balaban J connectivity index is 1.26. The Morgan fingerprint density at radius 1 is 1.07 bits per heavy atom. The number of amides is 1. The van der Waals surface area contributed by atoms with Gasteiger partial charge in [0.05, 0.1) is 17.4 Å². The van der Waals surface area contributed by atoms with Crippen LogP contribution in [0.2, 0.25) is 0 Å². The Labute approximate surface area is 166 Å². The Morgan fingerprint density at radius 2 is 1.86 bits per heavy atom. The first-order valence-electron chi connectivity index (χ1n) is 10.0. The molecule has 5 heteroatoms. The zero-order chi connectivity index (χ0) is 19.7. The van der Waals surface area contributed by atoms with Crippen molar-refractivity contribution in [3.05, 3.63) is 65.0 Å². The Bertz CT molecular complexity index is 1010. The third kappa shape index (κ3) is 3.67. The fourth-order valence-electron chi connectivity index (χ4n) is 3.94. The fraction of sp³-hybridized carbons (Fsp3) is 0.391. The molecule has 1 aliphatic heterocycles. The molecule has 0 spiro atoms. The number of benzene rings is 2. The second-order valence-corrected chi connectivity index (χ2v) is 7.90.